The van der Waals surface area contributed by atoms with Crippen LogP contribution < -0.4 is 10.6 Å². The number of hydrogen-bond acceptors (Lipinski definition) is 2. The van der Waals surface area contributed by atoms with Crippen molar-refractivity contribution in [1.29, 1.82) is 0 Å². The van der Waals surface area contributed by atoms with E-state index in [9.17, 15) is 4.79 Å². The molecule has 1 atom stereocenters. The third-order valence-corrected chi connectivity index (χ3v) is 2.29. The maximum atomic E-state index is 11.5. The summed E-state index contributed by atoms with van der Waals surface area (Å²) in [6.07, 6.45) is 1.40. The lowest BCUT2D eigenvalue weighted by atomic mass is 10.1. The predicted molar refractivity (Wildman–Crippen MR) is 56.5 cm³/mol. The number of rotatable bonds is 1. The lowest BCUT2D eigenvalue weighted by Crippen LogP contribution is -2.43. The number of carbonyl (C=O) groups excluding carboxylic acids is 1. The molecule has 3 nitrogen and oxygen atoms in total. The Kier molecular flexibility index (Phi) is 2.17. The fraction of sp³-hybridized carbons (Fsp3) is 0.100. The molecule has 2 rings (SSSR count). The summed E-state index contributed by atoms with van der Waals surface area (Å²) >= 11 is 5.82. The molecule has 0 aliphatic carbocycles. The van der Waals surface area contributed by atoms with Crippen molar-refractivity contribution in [3.63, 3.8) is 0 Å². The SMILES string of the molecule is C=CC1NC(=O)c2ccc(Cl)cc2N1. The van der Waals surface area contributed by atoms with Gasteiger partial charge >= 0.3 is 0 Å². The molecule has 2 N–H and O–H groups in total. The minimum absolute atomic E-state index is 0.111. The molecular weight excluding hydrogens is 200 g/mol. The smallest absolute Gasteiger partial charge is 0.255 e. The molecule has 1 aromatic carbocycles. The molecule has 0 bridgehead atoms. The fourth-order valence-electron chi connectivity index (χ4n) is 1.37. The molecule has 4 heteroatoms. The number of halogens is 1. The molecule has 1 aliphatic rings. The quantitative estimate of drug-likeness (QED) is 0.694. The zero-order valence-corrected chi connectivity index (χ0v) is 8.14. The van der Waals surface area contributed by atoms with Crippen molar-refractivity contribution in [1.82, 2.24) is 5.32 Å². The standard InChI is InChI=1S/C10H9ClN2O/c1-2-9-12-8-5-6(11)3-4-7(8)10(14)13-9/h2-5,9,12H,1H2,(H,13,14). The van der Waals surface area contributed by atoms with E-state index in [0.29, 0.717) is 10.6 Å². The van der Waals surface area contributed by atoms with E-state index >= 15 is 0 Å². The highest BCUT2D eigenvalue weighted by Gasteiger charge is 2.21. The molecule has 1 aromatic rings. The molecule has 0 fully saturated rings. The third kappa shape index (κ3) is 1.46. The van der Waals surface area contributed by atoms with Crippen LogP contribution in [0.5, 0.6) is 0 Å². The molecular formula is C10H9ClN2O. The van der Waals surface area contributed by atoms with E-state index in [1.165, 1.54) is 0 Å². The number of anilines is 1. The van der Waals surface area contributed by atoms with Gasteiger partial charge in [-0.15, -0.1) is 0 Å². The molecule has 0 saturated heterocycles. The van der Waals surface area contributed by atoms with Gasteiger partial charge in [-0.05, 0) is 24.3 Å². The maximum Gasteiger partial charge on any atom is 0.255 e. The first-order chi connectivity index (χ1) is 6.70. The van der Waals surface area contributed by atoms with E-state index in [1.54, 1.807) is 24.3 Å². The highest BCUT2D eigenvalue weighted by Crippen LogP contribution is 2.24. The normalized spacial score (nSPS) is 19.2. The minimum atomic E-state index is -0.228. The van der Waals surface area contributed by atoms with Crippen LogP contribution in [0.2, 0.25) is 5.02 Å². The van der Waals surface area contributed by atoms with Crippen LogP contribution in [-0.4, -0.2) is 12.1 Å². The van der Waals surface area contributed by atoms with Gasteiger partial charge in [0.05, 0.1) is 11.3 Å². The molecule has 1 unspecified atom stereocenters. The molecule has 0 saturated carbocycles. The van der Waals surface area contributed by atoms with Gasteiger partial charge in [-0.3, -0.25) is 4.79 Å². The van der Waals surface area contributed by atoms with E-state index in [4.69, 9.17) is 11.6 Å². The van der Waals surface area contributed by atoms with E-state index in [1.807, 2.05) is 0 Å². The Morgan fingerprint density at radius 1 is 1.43 bits per heavy atom. The summed E-state index contributed by atoms with van der Waals surface area (Å²) in [5.41, 5.74) is 1.35. The lowest BCUT2D eigenvalue weighted by molar-refractivity contribution is 0.0943. The van der Waals surface area contributed by atoms with Crippen molar-refractivity contribution in [2.45, 2.75) is 6.17 Å². The summed E-state index contributed by atoms with van der Waals surface area (Å²) in [6.45, 7) is 3.60. The largest absolute Gasteiger partial charge is 0.361 e. The van der Waals surface area contributed by atoms with Gasteiger partial charge in [-0.1, -0.05) is 18.2 Å². The first-order valence-corrected chi connectivity index (χ1v) is 4.58. The first kappa shape index (κ1) is 9.09. The first-order valence-electron chi connectivity index (χ1n) is 4.20. The van der Waals surface area contributed by atoms with Crippen LogP contribution in [0.3, 0.4) is 0 Å². The Morgan fingerprint density at radius 2 is 2.21 bits per heavy atom. The Bertz CT molecular complexity index is 403. The molecule has 72 valence electrons. The summed E-state index contributed by atoms with van der Waals surface area (Å²) in [7, 11) is 0. The number of benzene rings is 1. The zero-order chi connectivity index (χ0) is 10.1. The van der Waals surface area contributed by atoms with Crippen LogP contribution in [0.4, 0.5) is 5.69 Å². The molecule has 1 aliphatic heterocycles. The second-order valence-corrected chi connectivity index (χ2v) is 3.46. The fourth-order valence-corrected chi connectivity index (χ4v) is 1.55. The van der Waals surface area contributed by atoms with Crippen LogP contribution in [0, 0.1) is 0 Å². The lowest BCUT2D eigenvalue weighted by Gasteiger charge is -2.25. The third-order valence-electron chi connectivity index (χ3n) is 2.06. The number of hydrogen-bond donors (Lipinski definition) is 2. The van der Waals surface area contributed by atoms with Crippen molar-refractivity contribution in [3.05, 3.63) is 41.4 Å². The summed E-state index contributed by atoms with van der Waals surface area (Å²) in [4.78, 5) is 11.5. The zero-order valence-electron chi connectivity index (χ0n) is 7.38. The Hall–Kier alpha value is -1.48. The van der Waals surface area contributed by atoms with Gasteiger partial charge in [-0.25, -0.2) is 0 Å². The van der Waals surface area contributed by atoms with Crippen molar-refractivity contribution in [3.8, 4) is 0 Å². The Labute approximate surface area is 86.8 Å². The highest BCUT2D eigenvalue weighted by molar-refractivity contribution is 6.31. The van der Waals surface area contributed by atoms with E-state index < -0.39 is 0 Å². The van der Waals surface area contributed by atoms with Crippen LogP contribution in [0.1, 0.15) is 10.4 Å². The predicted octanol–water partition coefficient (Wildman–Crippen LogP) is 2.01. The molecule has 14 heavy (non-hydrogen) atoms. The van der Waals surface area contributed by atoms with Crippen LogP contribution in [-0.2, 0) is 0 Å². The van der Waals surface area contributed by atoms with Gasteiger partial charge in [0.25, 0.3) is 5.91 Å². The van der Waals surface area contributed by atoms with Gasteiger partial charge in [-0.2, -0.15) is 0 Å². The molecule has 0 aromatic heterocycles. The van der Waals surface area contributed by atoms with Gasteiger partial charge in [0, 0.05) is 5.02 Å². The number of fused-ring (bicyclic) bond motifs is 1. The van der Waals surface area contributed by atoms with Gasteiger partial charge in [0.2, 0.25) is 0 Å². The summed E-state index contributed by atoms with van der Waals surface area (Å²) < 4.78 is 0. The van der Waals surface area contributed by atoms with E-state index in [0.717, 1.165) is 5.69 Å². The van der Waals surface area contributed by atoms with Crippen LogP contribution in [0.25, 0.3) is 0 Å². The number of amides is 1. The Morgan fingerprint density at radius 3 is 2.93 bits per heavy atom. The van der Waals surface area contributed by atoms with Crippen LogP contribution in [0.15, 0.2) is 30.9 Å². The van der Waals surface area contributed by atoms with Crippen molar-refractivity contribution in [2.24, 2.45) is 0 Å². The number of nitrogens with one attached hydrogen (secondary N) is 2. The summed E-state index contributed by atoms with van der Waals surface area (Å²) in [6, 6.07) is 5.11. The summed E-state index contributed by atoms with van der Waals surface area (Å²) in [5, 5.41) is 6.42. The van der Waals surface area contributed by atoms with Gasteiger partial charge in [0.15, 0.2) is 0 Å². The van der Waals surface area contributed by atoms with Gasteiger partial charge in [0.1, 0.15) is 6.17 Å². The molecule has 1 heterocycles. The van der Waals surface area contributed by atoms with Crippen molar-refractivity contribution in [2.75, 3.05) is 5.32 Å². The van der Waals surface area contributed by atoms with E-state index in [-0.39, 0.29) is 12.1 Å². The van der Waals surface area contributed by atoms with Crippen molar-refractivity contribution < 1.29 is 4.79 Å². The topological polar surface area (TPSA) is 41.1 Å². The number of carbonyl (C=O) groups is 1. The average molecular weight is 209 g/mol. The van der Waals surface area contributed by atoms with Crippen LogP contribution >= 0.6 is 11.6 Å². The molecule has 0 spiro atoms. The minimum Gasteiger partial charge on any atom is -0.361 e. The van der Waals surface area contributed by atoms with E-state index in [2.05, 4.69) is 17.2 Å². The molecule has 1 amide bonds. The average Bonchev–Trinajstić information content (AvgIpc) is 2.16. The van der Waals surface area contributed by atoms with Crippen molar-refractivity contribution >= 4 is 23.2 Å². The second kappa shape index (κ2) is 3.35. The summed E-state index contributed by atoms with van der Waals surface area (Å²) in [5.74, 6) is -0.111. The second-order valence-electron chi connectivity index (χ2n) is 3.02. The Balaban J connectivity index is 2.45. The monoisotopic (exact) mass is 208 g/mol. The van der Waals surface area contributed by atoms with Gasteiger partial charge < -0.3 is 10.6 Å². The molecule has 0 radical (unpaired) electrons. The maximum absolute atomic E-state index is 11.5. The highest BCUT2D eigenvalue weighted by atomic mass is 35.5.